The summed E-state index contributed by atoms with van der Waals surface area (Å²) in [5.41, 5.74) is 0. The van der Waals surface area contributed by atoms with Gasteiger partial charge in [0.1, 0.15) is 0 Å². The molecule has 1 heterocycles. The summed E-state index contributed by atoms with van der Waals surface area (Å²) in [5.74, 6) is 1.52. The number of rotatable bonds is 9. The number of nitrogens with zero attached hydrogens (tertiary/aromatic N) is 2. The van der Waals surface area contributed by atoms with Crippen molar-refractivity contribution in [3.63, 3.8) is 0 Å². The third-order valence-electron chi connectivity index (χ3n) is 5.86. The minimum atomic E-state index is 0.307. The second-order valence-corrected chi connectivity index (χ2v) is 8.18. The largest absolute Gasteiger partial charge is 0.378 e. The first-order chi connectivity index (χ1) is 12.6. The molecule has 1 saturated carbocycles. The Kier molecular flexibility index (Phi) is 9.76. The molecular formula is C21H42N4O. The van der Waals surface area contributed by atoms with Crippen LogP contribution in [0.4, 0.5) is 0 Å². The van der Waals surface area contributed by atoms with Crippen molar-refractivity contribution in [3.8, 4) is 0 Å². The van der Waals surface area contributed by atoms with E-state index in [0.717, 1.165) is 38.1 Å². The summed E-state index contributed by atoms with van der Waals surface area (Å²) >= 11 is 0. The fourth-order valence-electron chi connectivity index (χ4n) is 4.32. The summed E-state index contributed by atoms with van der Waals surface area (Å²) in [6.45, 7) is 13.6. The van der Waals surface area contributed by atoms with E-state index in [0.29, 0.717) is 18.1 Å². The van der Waals surface area contributed by atoms with Crippen LogP contribution in [0.2, 0.25) is 0 Å². The molecule has 5 heteroatoms. The minimum Gasteiger partial charge on any atom is -0.378 e. The van der Waals surface area contributed by atoms with Crippen molar-refractivity contribution in [1.29, 1.82) is 0 Å². The first-order valence-electron chi connectivity index (χ1n) is 11.0. The zero-order valence-corrected chi connectivity index (χ0v) is 17.6. The van der Waals surface area contributed by atoms with E-state index in [9.17, 15) is 0 Å². The maximum atomic E-state index is 5.84. The molecule has 0 radical (unpaired) electrons. The predicted molar refractivity (Wildman–Crippen MR) is 111 cm³/mol. The Morgan fingerprint density at radius 1 is 1.12 bits per heavy atom. The molecule has 26 heavy (non-hydrogen) atoms. The van der Waals surface area contributed by atoms with Crippen LogP contribution in [-0.2, 0) is 4.74 Å². The standard InChI is InChI=1S/C21H42N4O/c1-5-22-21(23-14-11-20(17(3)4)26-6-2)24-18-12-15-25(16-13-18)19-9-7-8-10-19/h17-20H,5-16H2,1-4H3,(H2,22,23,24). The van der Waals surface area contributed by atoms with Gasteiger partial charge in [-0.3, -0.25) is 4.99 Å². The highest BCUT2D eigenvalue weighted by molar-refractivity contribution is 5.80. The first-order valence-corrected chi connectivity index (χ1v) is 11.0. The summed E-state index contributed by atoms with van der Waals surface area (Å²) in [6.07, 6.45) is 9.45. The van der Waals surface area contributed by atoms with Gasteiger partial charge in [0.2, 0.25) is 0 Å². The second-order valence-electron chi connectivity index (χ2n) is 8.18. The molecule has 2 fully saturated rings. The summed E-state index contributed by atoms with van der Waals surface area (Å²) in [4.78, 5) is 7.54. The number of nitrogens with one attached hydrogen (secondary N) is 2. The molecule has 0 amide bonds. The molecule has 1 unspecified atom stereocenters. The van der Waals surface area contributed by atoms with Gasteiger partial charge in [-0.05, 0) is 51.9 Å². The van der Waals surface area contributed by atoms with E-state index in [4.69, 9.17) is 9.73 Å². The Bertz CT molecular complexity index is 399. The van der Waals surface area contributed by atoms with Crippen molar-refractivity contribution in [3.05, 3.63) is 0 Å². The van der Waals surface area contributed by atoms with E-state index in [1.165, 1.54) is 51.6 Å². The lowest BCUT2D eigenvalue weighted by atomic mass is 10.0. The van der Waals surface area contributed by atoms with E-state index in [1.807, 2.05) is 0 Å². The minimum absolute atomic E-state index is 0.307. The Balaban J connectivity index is 1.76. The highest BCUT2D eigenvalue weighted by Crippen LogP contribution is 2.26. The molecule has 0 aromatic carbocycles. The second kappa shape index (κ2) is 11.8. The topological polar surface area (TPSA) is 48.9 Å². The van der Waals surface area contributed by atoms with Crippen LogP contribution in [0.5, 0.6) is 0 Å². The third kappa shape index (κ3) is 7.07. The molecule has 0 aromatic rings. The molecule has 1 atom stereocenters. The van der Waals surface area contributed by atoms with Gasteiger partial charge in [0.15, 0.2) is 5.96 Å². The molecule has 2 N–H and O–H groups in total. The van der Waals surface area contributed by atoms with Gasteiger partial charge in [-0.15, -0.1) is 0 Å². The molecule has 0 spiro atoms. The first kappa shape index (κ1) is 21.5. The fraction of sp³-hybridized carbons (Fsp3) is 0.952. The van der Waals surface area contributed by atoms with Gasteiger partial charge in [-0.2, -0.15) is 0 Å². The predicted octanol–water partition coefficient (Wildman–Crippen LogP) is 3.40. The van der Waals surface area contributed by atoms with Crippen molar-refractivity contribution >= 4 is 5.96 Å². The number of aliphatic imine (C=N–C) groups is 1. The van der Waals surface area contributed by atoms with E-state index >= 15 is 0 Å². The van der Waals surface area contributed by atoms with Gasteiger partial charge in [-0.25, -0.2) is 0 Å². The molecule has 2 aliphatic rings. The molecule has 1 saturated heterocycles. The molecule has 1 aliphatic carbocycles. The van der Waals surface area contributed by atoms with Crippen molar-refractivity contribution < 1.29 is 4.74 Å². The molecule has 0 bridgehead atoms. The molecule has 1 aliphatic heterocycles. The van der Waals surface area contributed by atoms with Crippen LogP contribution in [0.1, 0.15) is 72.6 Å². The number of hydrogen-bond acceptors (Lipinski definition) is 3. The van der Waals surface area contributed by atoms with E-state index in [1.54, 1.807) is 0 Å². The van der Waals surface area contributed by atoms with Crippen molar-refractivity contribution in [1.82, 2.24) is 15.5 Å². The normalized spacial score (nSPS) is 22.1. The van der Waals surface area contributed by atoms with Crippen molar-refractivity contribution in [2.45, 2.75) is 90.8 Å². The molecular weight excluding hydrogens is 324 g/mol. The van der Waals surface area contributed by atoms with Gasteiger partial charge in [0.05, 0.1) is 6.10 Å². The lowest BCUT2D eigenvalue weighted by Gasteiger charge is -2.36. The highest BCUT2D eigenvalue weighted by Gasteiger charge is 2.27. The quantitative estimate of drug-likeness (QED) is 0.485. The molecule has 152 valence electrons. The van der Waals surface area contributed by atoms with Crippen LogP contribution in [0.15, 0.2) is 4.99 Å². The Morgan fingerprint density at radius 3 is 2.38 bits per heavy atom. The number of guanidine groups is 1. The van der Waals surface area contributed by atoms with Crippen LogP contribution in [0, 0.1) is 5.92 Å². The van der Waals surface area contributed by atoms with Crippen LogP contribution >= 0.6 is 0 Å². The maximum Gasteiger partial charge on any atom is 0.191 e. The Labute approximate surface area is 161 Å². The number of likely N-dealkylation sites (tertiary alicyclic amines) is 1. The van der Waals surface area contributed by atoms with Crippen LogP contribution in [-0.4, -0.2) is 61.8 Å². The lowest BCUT2D eigenvalue weighted by molar-refractivity contribution is 0.0266. The van der Waals surface area contributed by atoms with Crippen LogP contribution < -0.4 is 10.6 Å². The monoisotopic (exact) mass is 366 g/mol. The average molecular weight is 367 g/mol. The van der Waals surface area contributed by atoms with Gasteiger partial charge < -0.3 is 20.3 Å². The zero-order chi connectivity index (χ0) is 18.8. The summed E-state index contributed by atoms with van der Waals surface area (Å²) in [7, 11) is 0. The van der Waals surface area contributed by atoms with Crippen LogP contribution in [0.3, 0.4) is 0 Å². The number of hydrogen-bond donors (Lipinski definition) is 2. The van der Waals surface area contributed by atoms with E-state index in [-0.39, 0.29) is 0 Å². The molecule has 5 nitrogen and oxygen atoms in total. The SMILES string of the molecule is CCNC(=NCCC(OCC)C(C)C)NC1CCN(C2CCCC2)CC1. The third-order valence-corrected chi connectivity index (χ3v) is 5.86. The average Bonchev–Trinajstić information content (AvgIpc) is 3.16. The van der Waals surface area contributed by atoms with Gasteiger partial charge in [0, 0.05) is 44.9 Å². The van der Waals surface area contributed by atoms with E-state index < -0.39 is 0 Å². The van der Waals surface area contributed by atoms with Crippen molar-refractivity contribution in [2.75, 3.05) is 32.8 Å². The zero-order valence-electron chi connectivity index (χ0n) is 17.6. The number of piperidine rings is 1. The number of ether oxygens (including phenoxy) is 1. The fourth-order valence-corrected chi connectivity index (χ4v) is 4.32. The highest BCUT2D eigenvalue weighted by atomic mass is 16.5. The summed E-state index contributed by atoms with van der Waals surface area (Å²) in [6, 6.07) is 1.42. The summed E-state index contributed by atoms with van der Waals surface area (Å²) < 4.78 is 5.84. The summed E-state index contributed by atoms with van der Waals surface area (Å²) in [5, 5.41) is 7.09. The maximum absolute atomic E-state index is 5.84. The Morgan fingerprint density at radius 2 is 1.81 bits per heavy atom. The smallest absolute Gasteiger partial charge is 0.191 e. The van der Waals surface area contributed by atoms with Crippen LogP contribution in [0.25, 0.3) is 0 Å². The lowest BCUT2D eigenvalue weighted by Crippen LogP contribution is -2.50. The van der Waals surface area contributed by atoms with Gasteiger partial charge in [0.25, 0.3) is 0 Å². The molecule has 0 aromatic heterocycles. The molecule has 2 rings (SSSR count). The van der Waals surface area contributed by atoms with Gasteiger partial charge in [-0.1, -0.05) is 26.7 Å². The van der Waals surface area contributed by atoms with Crippen molar-refractivity contribution in [2.24, 2.45) is 10.9 Å². The van der Waals surface area contributed by atoms with Gasteiger partial charge >= 0.3 is 0 Å². The van der Waals surface area contributed by atoms with E-state index in [2.05, 4.69) is 43.2 Å². The Hall–Kier alpha value is -0.810.